The molecule has 1 N–H and O–H groups in total. The predicted molar refractivity (Wildman–Crippen MR) is 86.2 cm³/mol. The van der Waals surface area contributed by atoms with Crippen molar-refractivity contribution in [1.29, 1.82) is 0 Å². The lowest BCUT2D eigenvalue weighted by molar-refractivity contribution is 0.279. The van der Waals surface area contributed by atoms with Crippen LogP contribution in [0.3, 0.4) is 0 Å². The molecule has 0 saturated heterocycles. The van der Waals surface area contributed by atoms with Gasteiger partial charge in [-0.1, -0.05) is 22.8 Å². The molecule has 0 aliphatic heterocycles. The molecule has 0 aliphatic rings. The van der Waals surface area contributed by atoms with Gasteiger partial charge in [0.25, 0.3) is 0 Å². The number of hydrogen-bond donors (Lipinski definition) is 1. The van der Waals surface area contributed by atoms with Gasteiger partial charge in [-0.05, 0) is 51.2 Å². The van der Waals surface area contributed by atoms with E-state index in [2.05, 4.69) is 22.0 Å². The third kappa shape index (κ3) is 4.08. The lowest BCUT2D eigenvalue weighted by atomic mass is 9.87. The first-order valence-electron chi connectivity index (χ1n) is 7.07. The van der Waals surface area contributed by atoms with Crippen molar-refractivity contribution in [3.05, 3.63) is 53.7 Å². The van der Waals surface area contributed by atoms with Crippen LogP contribution in [0.1, 0.15) is 25.1 Å². The molecule has 22 heavy (non-hydrogen) atoms. The zero-order valence-corrected chi connectivity index (χ0v) is 13.6. The molecular formula is C16H20ClN3O2. The van der Waals surface area contributed by atoms with Crippen LogP contribution in [-0.2, 0) is 12.0 Å². The summed E-state index contributed by atoms with van der Waals surface area (Å²) >= 11 is 5.83. The van der Waals surface area contributed by atoms with Gasteiger partial charge in [0.05, 0.1) is 5.41 Å². The van der Waals surface area contributed by atoms with Gasteiger partial charge in [-0.15, -0.1) is 6.58 Å². The minimum absolute atomic E-state index is 0.240. The molecule has 1 aromatic heterocycles. The highest BCUT2D eigenvalue weighted by molar-refractivity contribution is 6.30. The fourth-order valence-electron chi connectivity index (χ4n) is 1.90. The largest absolute Gasteiger partial charge is 0.485 e. The van der Waals surface area contributed by atoms with E-state index in [1.54, 1.807) is 24.3 Å². The molecule has 0 radical (unpaired) electrons. The monoisotopic (exact) mass is 321 g/mol. The van der Waals surface area contributed by atoms with Gasteiger partial charge in [0, 0.05) is 5.02 Å². The molecule has 0 saturated carbocycles. The molecule has 0 fully saturated rings. The van der Waals surface area contributed by atoms with Crippen molar-refractivity contribution < 1.29 is 9.26 Å². The Morgan fingerprint density at radius 2 is 2.14 bits per heavy atom. The summed E-state index contributed by atoms with van der Waals surface area (Å²) in [5.74, 6) is 1.76. The number of nitrogens with one attached hydrogen (secondary N) is 1. The smallest absolute Gasteiger partial charge is 0.236 e. The fourth-order valence-corrected chi connectivity index (χ4v) is 2.03. The van der Waals surface area contributed by atoms with Gasteiger partial charge >= 0.3 is 0 Å². The van der Waals surface area contributed by atoms with Crippen molar-refractivity contribution in [3.8, 4) is 5.75 Å². The van der Waals surface area contributed by atoms with E-state index in [-0.39, 0.29) is 12.0 Å². The molecule has 1 aromatic carbocycles. The van der Waals surface area contributed by atoms with Crippen molar-refractivity contribution in [1.82, 2.24) is 15.5 Å². The van der Waals surface area contributed by atoms with E-state index in [0.717, 1.165) is 13.0 Å². The van der Waals surface area contributed by atoms with E-state index in [1.807, 2.05) is 20.0 Å². The summed E-state index contributed by atoms with van der Waals surface area (Å²) in [7, 11) is 1.91. The van der Waals surface area contributed by atoms with Crippen molar-refractivity contribution in [2.75, 3.05) is 13.6 Å². The summed E-state index contributed by atoms with van der Waals surface area (Å²) in [6, 6.07) is 7.13. The highest BCUT2D eigenvalue weighted by atomic mass is 35.5. The van der Waals surface area contributed by atoms with E-state index in [4.69, 9.17) is 20.9 Å². The van der Waals surface area contributed by atoms with Gasteiger partial charge in [0.1, 0.15) is 5.75 Å². The second kappa shape index (κ2) is 7.42. The van der Waals surface area contributed by atoms with Crippen LogP contribution in [0.2, 0.25) is 5.02 Å². The zero-order valence-electron chi connectivity index (χ0n) is 12.8. The Labute approximate surface area is 135 Å². The SMILES string of the molecule is C=CC(C)(CCNC)c1nc(COc2ccc(Cl)cc2)no1. The van der Waals surface area contributed by atoms with E-state index in [0.29, 0.717) is 22.5 Å². The maximum Gasteiger partial charge on any atom is 0.236 e. The van der Waals surface area contributed by atoms with Crippen molar-refractivity contribution in [2.45, 2.75) is 25.4 Å². The van der Waals surface area contributed by atoms with Crippen LogP contribution in [-0.4, -0.2) is 23.7 Å². The van der Waals surface area contributed by atoms with Crippen LogP contribution in [0.5, 0.6) is 5.75 Å². The van der Waals surface area contributed by atoms with E-state index >= 15 is 0 Å². The summed E-state index contributed by atoms with van der Waals surface area (Å²) in [5, 5.41) is 7.75. The number of nitrogens with zero attached hydrogens (tertiary/aromatic N) is 2. The lowest BCUT2D eigenvalue weighted by Crippen LogP contribution is -2.25. The average molecular weight is 322 g/mol. The van der Waals surface area contributed by atoms with Crippen LogP contribution in [0, 0.1) is 0 Å². The van der Waals surface area contributed by atoms with Gasteiger partial charge in [-0.3, -0.25) is 0 Å². The maximum atomic E-state index is 5.83. The Morgan fingerprint density at radius 1 is 1.41 bits per heavy atom. The summed E-state index contributed by atoms with van der Waals surface area (Å²) in [5.41, 5.74) is -0.353. The molecule has 1 heterocycles. The number of halogens is 1. The molecule has 6 heteroatoms. The Kier molecular flexibility index (Phi) is 5.57. The second-order valence-electron chi connectivity index (χ2n) is 5.23. The minimum atomic E-state index is -0.353. The normalized spacial score (nSPS) is 13.6. The predicted octanol–water partition coefficient (Wildman–Crippen LogP) is 3.36. The standard InChI is InChI=1S/C16H20ClN3O2/c1-4-16(2,9-10-18-3)15-19-14(20-22-15)11-21-13-7-5-12(17)6-8-13/h4-8,18H,1,9-11H2,2-3H3. The van der Waals surface area contributed by atoms with Gasteiger partial charge < -0.3 is 14.6 Å². The number of ether oxygens (including phenoxy) is 1. The molecule has 0 spiro atoms. The van der Waals surface area contributed by atoms with Gasteiger partial charge in [-0.2, -0.15) is 4.98 Å². The van der Waals surface area contributed by atoms with Crippen molar-refractivity contribution in [3.63, 3.8) is 0 Å². The summed E-state index contributed by atoms with van der Waals surface area (Å²) in [4.78, 5) is 4.41. The molecule has 0 amide bonds. The highest BCUT2D eigenvalue weighted by Crippen LogP contribution is 2.27. The molecule has 5 nitrogen and oxygen atoms in total. The first kappa shape index (κ1) is 16.5. The van der Waals surface area contributed by atoms with Crippen LogP contribution in [0.15, 0.2) is 41.4 Å². The van der Waals surface area contributed by atoms with Gasteiger partial charge in [-0.25, -0.2) is 0 Å². The molecule has 2 aromatic rings. The Bertz CT molecular complexity index is 612. The third-order valence-electron chi connectivity index (χ3n) is 3.48. The van der Waals surface area contributed by atoms with Crippen LogP contribution >= 0.6 is 11.6 Å². The Balaban J connectivity index is 2.01. The molecule has 1 atom stereocenters. The number of rotatable bonds is 8. The van der Waals surface area contributed by atoms with Gasteiger partial charge in [0.2, 0.25) is 11.7 Å². The molecule has 0 aliphatic carbocycles. The lowest BCUT2D eigenvalue weighted by Gasteiger charge is -2.20. The summed E-state index contributed by atoms with van der Waals surface area (Å²) < 4.78 is 11.0. The van der Waals surface area contributed by atoms with Crippen molar-refractivity contribution in [2.24, 2.45) is 0 Å². The van der Waals surface area contributed by atoms with Crippen LogP contribution < -0.4 is 10.1 Å². The molecule has 0 bridgehead atoms. The first-order valence-corrected chi connectivity index (χ1v) is 7.45. The zero-order chi connectivity index (χ0) is 16.0. The highest BCUT2D eigenvalue weighted by Gasteiger charge is 2.29. The quantitative estimate of drug-likeness (QED) is 0.755. The number of hydrogen-bond acceptors (Lipinski definition) is 5. The third-order valence-corrected chi connectivity index (χ3v) is 3.74. The number of allylic oxidation sites excluding steroid dienone is 1. The second-order valence-corrected chi connectivity index (χ2v) is 5.67. The first-order chi connectivity index (χ1) is 10.6. The minimum Gasteiger partial charge on any atom is -0.485 e. The maximum absolute atomic E-state index is 5.83. The van der Waals surface area contributed by atoms with Crippen LogP contribution in [0.4, 0.5) is 0 Å². The van der Waals surface area contributed by atoms with E-state index in [9.17, 15) is 0 Å². The number of aromatic nitrogens is 2. The van der Waals surface area contributed by atoms with E-state index < -0.39 is 0 Å². The van der Waals surface area contributed by atoms with Crippen LogP contribution in [0.25, 0.3) is 0 Å². The molecule has 2 rings (SSSR count). The molecule has 1 unspecified atom stereocenters. The Morgan fingerprint density at radius 3 is 2.77 bits per heavy atom. The van der Waals surface area contributed by atoms with Crippen molar-refractivity contribution >= 4 is 11.6 Å². The van der Waals surface area contributed by atoms with Gasteiger partial charge in [0.15, 0.2) is 6.61 Å². The van der Waals surface area contributed by atoms with E-state index in [1.165, 1.54) is 0 Å². The molecule has 118 valence electrons. The summed E-state index contributed by atoms with van der Waals surface area (Å²) in [6.45, 7) is 6.97. The number of benzene rings is 1. The average Bonchev–Trinajstić information content (AvgIpc) is 3.02. The topological polar surface area (TPSA) is 60.2 Å². The summed E-state index contributed by atoms with van der Waals surface area (Å²) in [6.07, 6.45) is 2.66. The molecular weight excluding hydrogens is 302 g/mol. The fraction of sp³-hybridized carbons (Fsp3) is 0.375. The Hall–Kier alpha value is -1.85.